The molecule has 27 heavy (non-hydrogen) atoms. The fourth-order valence-corrected chi connectivity index (χ4v) is 3.04. The maximum Gasteiger partial charge on any atom is 0.344 e. The number of hydrogen-bond acceptors (Lipinski definition) is 4. The Hall–Kier alpha value is -2.43. The van der Waals surface area contributed by atoms with Gasteiger partial charge < -0.3 is 13.9 Å². The maximum absolute atomic E-state index is 11.9. The molecular weight excluding hydrogens is 387 g/mol. The molecule has 0 fully saturated rings. The summed E-state index contributed by atoms with van der Waals surface area (Å²) in [5.41, 5.74) is 2.82. The van der Waals surface area contributed by atoms with Crippen molar-refractivity contribution in [2.45, 2.75) is 20.5 Å². The summed E-state index contributed by atoms with van der Waals surface area (Å²) in [6, 6.07) is 14.6. The van der Waals surface area contributed by atoms with E-state index < -0.39 is 5.97 Å². The normalized spacial score (nSPS) is 10.7. The molecule has 0 bridgehead atoms. The maximum atomic E-state index is 11.9. The van der Waals surface area contributed by atoms with Crippen molar-refractivity contribution >= 4 is 29.2 Å². The highest BCUT2D eigenvalue weighted by molar-refractivity contribution is 6.43. The summed E-state index contributed by atoms with van der Waals surface area (Å²) in [6.45, 7) is 3.78. The molecule has 1 heterocycles. The van der Waals surface area contributed by atoms with Gasteiger partial charge in [-0.15, -0.1) is 0 Å². The first-order valence-corrected chi connectivity index (χ1v) is 9.08. The van der Waals surface area contributed by atoms with E-state index in [2.05, 4.69) is 0 Å². The molecule has 0 atom stereocenters. The van der Waals surface area contributed by atoms with Gasteiger partial charge >= 0.3 is 5.97 Å². The van der Waals surface area contributed by atoms with Crippen molar-refractivity contribution in [3.05, 3.63) is 75.5 Å². The number of benzene rings is 2. The third-order valence-electron chi connectivity index (χ3n) is 3.81. The van der Waals surface area contributed by atoms with Gasteiger partial charge in [0.1, 0.15) is 23.9 Å². The molecule has 0 saturated carbocycles. The third kappa shape index (κ3) is 5.06. The summed E-state index contributed by atoms with van der Waals surface area (Å²) >= 11 is 12.2. The summed E-state index contributed by atoms with van der Waals surface area (Å²) in [5, 5.41) is 0.862. The van der Waals surface area contributed by atoms with Crippen LogP contribution in [0.2, 0.25) is 10.0 Å². The van der Waals surface area contributed by atoms with Gasteiger partial charge in [0, 0.05) is 5.56 Å². The van der Waals surface area contributed by atoms with Crippen LogP contribution in [0.25, 0.3) is 11.3 Å². The molecule has 3 rings (SSSR count). The first kappa shape index (κ1) is 19.3. The van der Waals surface area contributed by atoms with Crippen LogP contribution in [-0.2, 0) is 16.1 Å². The van der Waals surface area contributed by atoms with Crippen LogP contribution in [0.15, 0.2) is 52.9 Å². The molecular formula is C21H18Cl2O4. The van der Waals surface area contributed by atoms with Gasteiger partial charge in [0.05, 0.1) is 10.0 Å². The predicted molar refractivity (Wildman–Crippen MR) is 105 cm³/mol. The Morgan fingerprint density at radius 3 is 2.52 bits per heavy atom. The highest BCUT2D eigenvalue weighted by Crippen LogP contribution is 2.34. The van der Waals surface area contributed by atoms with E-state index in [1.807, 2.05) is 32.0 Å². The fraction of sp³-hybridized carbons (Fsp3) is 0.190. The average molecular weight is 405 g/mol. The number of halogens is 2. The lowest BCUT2D eigenvalue weighted by Crippen LogP contribution is -2.14. The Bertz CT molecular complexity index is 942. The monoisotopic (exact) mass is 404 g/mol. The molecule has 2 aromatic carbocycles. The standard InChI is InChI=1S/C21H18Cl2O4/c1-13-8-14(2)10-16(9-13)25-12-20(24)26-11-15-6-7-19(27-15)17-4-3-5-18(22)21(17)23/h3-10H,11-12H2,1-2H3. The van der Waals surface area contributed by atoms with Crippen LogP contribution in [0.3, 0.4) is 0 Å². The summed E-state index contributed by atoms with van der Waals surface area (Å²) in [4.78, 5) is 11.9. The molecule has 0 aliphatic rings. The zero-order chi connectivity index (χ0) is 19.4. The number of hydrogen-bond donors (Lipinski definition) is 0. The molecule has 0 saturated heterocycles. The summed E-state index contributed by atoms with van der Waals surface area (Å²) in [6.07, 6.45) is 0. The first-order valence-electron chi connectivity index (χ1n) is 8.32. The fourth-order valence-electron chi connectivity index (χ4n) is 2.65. The minimum absolute atomic E-state index is 0.00717. The average Bonchev–Trinajstić information content (AvgIpc) is 3.08. The van der Waals surface area contributed by atoms with Crippen molar-refractivity contribution in [3.8, 4) is 17.1 Å². The Labute approximate surface area is 167 Å². The second-order valence-corrected chi connectivity index (χ2v) is 6.93. The molecule has 140 valence electrons. The van der Waals surface area contributed by atoms with E-state index in [1.54, 1.807) is 30.3 Å². The van der Waals surface area contributed by atoms with Gasteiger partial charge in [-0.25, -0.2) is 4.79 Å². The van der Waals surface area contributed by atoms with Crippen LogP contribution < -0.4 is 4.74 Å². The van der Waals surface area contributed by atoms with Gasteiger partial charge in [0.2, 0.25) is 0 Å². The number of carbonyl (C=O) groups excluding carboxylic acids is 1. The predicted octanol–water partition coefficient (Wildman–Crippen LogP) is 5.99. The van der Waals surface area contributed by atoms with Crippen LogP contribution in [0.5, 0.6) is 5.75 Å². The van der Waals surface area contributed by atoms with Crippen LogP contribution in [-0.4, -0.2) is 12.6 Å². The topological polar surface area (TPSA) is 48.7 Å². The number of aryl methyl sites for hydroxylation is 2. The summed E-state index contributed by atoms with van der Waals surface area (Å²) in [7, 11) is 0. The Morgan fingerprint density at radius 1 is 1.04 bits per heavy atom. The van der Waals surface area contributed by atoms with Crippen LogP contribution >= 0.6 is 23.2 Å². The molecule has 0 aliphatic carbocycles. The minimum atomic E-state index is -0.479. The van der Waals surface area contributed by atoms with Gasteiger partial charge in [0.25, 0.3) is 0 Å². The quantitative estimate of drug-likeness (QED) is 0.473. The van der Waals surface area contributed by atoms with Crippen molar-refractivity contribution in [3.63, 3.8) is 0 Å². The smallest absolute Gasteiger partial charge is 0.344 e. The first-order chi connectivity index (χ1) is 12.9. The number of furan rings is 1. The molecule has 4 nitrogen and oxygen atoms in total. The van der Waals surface area contributed by atoms with Crippen molar-refractivity contribution in [1.82, 2.24) is 0 Å². The second kappa shape index (κ2) is 8.51. The number of carbonyl (C=O) groups is 1. The minimum Gasteiger partial charge on any atom is -0.482 e. The number of ether oxygens (including phenoxy) is 2. The van der Waals surface area contributed by atoms with E-state index in [4.69, 9.17) is 37.1 Å². The zero-order valence-electron chi connectivity index (χ0n) is 14.9. The number of rotatable bonds is 6. The van der Waals surface area contributed by atoms with E-state index >= 15 is 0 Å². The van der Waals surface area contributed by atoms with Gasteiger partial charge in [0.15, 0.2) is 6.61 Å². The van der Waals surface area contributed by atoms with Crippen molar-refractivity contribution < 1.29 is 18.7 Å². The summed E-state index contributed by atoms with van der Waals surface area (Å²) in [5.74, 6) is 1.22. The van der Waals surface area contributed by atoms with Crippen molar-refractivity contribution in [1.29, 1.82) is 0 Å². The van der Waals surface area contributed by atoms with E-state index in [9.17, 15) is 4.79 Å². The molecule has 0 spiro atoms. The highest BCUT2D eigenvalue weighted by atomic mass is 35.5. The van der Waals surface area contributed by atoms with Gasteiger partial charge in [-0.3, -0.25) is 0 Å². The van der Waals surface area contributed by atoms with Gasteiger partial charge in [-0.05, 0) is 61.4 Å². The largest absolute Gasteiger partial charge is 0.482 e. The summed E-state index contributed by atoms with van der Waals surface area (Å²) < 4.78 is 16.4. The third-order valence-corrected chi connectivity index (χ3v) is 4.62. The molecule has 0 amide bonds. The lowest BCUT2D eigenvalue weighted by Gasteiger charge is -2.08. The molecule has 0 N–H and O–H groups in total. The zero-order valence-corrected chi connectivity index (χ0v) is 16.4. The molecule has 1 aromatic heterocycles. The van der Waals surface area contributed by atoms with Crippen molar-refractivity contribution in [2.24, 2.45) is 0 Å². The second-order valence-electron chi connectivity index (χ2n) is 6.14. The van der Waals surface area contributed by atoms with Crippen LogP contribution in [0.1, 0.15) is 16.9 Å². The SMILES string of the molecule is Cc1cc(C)cc(OCC(=O)OCc2ccc(-c3cccc(Cl)c3Cl)o2)c1. The van der Waals surface area contributed by atoms with Crippen LogP contribution in [0.4, 0.5) is 0 Å². The highest BCUT2D eigenvalue weighted by Gasteiger charge is 2.12. The van der Waals surface area contributed by atoms with E-state index in [1.165, 1.54) is 0 Å². The molecule has 0 unspecified atom stereocenters. The molecule has 0 aliphatic heterocycles. The van der Waals surface area contributed by atoms with E-state index in [0.29, 0.717) is 32.9 Å². The van der Waals surface area contributed by atoms with Gasteiger partial charge in [-0.1, -0.05) is 35.3 Å². The Morgan fingerprint density at radius 2 is 1.78 bits per heavy atom. The van der Waals surface area contributed by atoms with Crippen LogP contribution in [0, 0.1) is 13.8 Å². The van der Waals surface area contributed by atoms with Gasteiger partial charge in [-0.2, -0.15) is 0 Å². The Kier molecular flexibility index (Phi) is 6.09. The molecule has 3 aromatic rings. The van der Waals surface area contributed by atoms with E-state index in [-0.39, 0.29) is 13.2 Å². The molecule has 6 heteroatoms. The Balaban J connectivity index is 1.55. The molecule has 0 radical (unpaired) electrons. The lowest BCUT2D eigenvalue weighted by molar-refractivity contribution is -0.147. The van der Waals surface area contributed by atoms with E-state index in [0.717, 1.165) is 11.1 Å². The lowest BCUT2D eigenvalue weighted by atomic mass is 10.1. The number of esters is 1. The van der Waals surface area contributed by atoms with Crippen molar-refractivity contribution in [2.75, 3.05) is 6.61 Å².